The Morgan fingerprint density at radius 2 is 1.91 bits per heavy atom. The molecular formula is C29H39FN2O. The largest absolute Gasteiger partial charge is 0.349 e. The van der Waals surface area contributed by atoms with Crippen molar-refractivity contribution in [3.05, 3.63) is 35.1 Å². The number of fused-ring (bicyclic) bond motifs is 5. The number of nitrogens with zero attached hydrogens (tertiary/aromatic N) is 1. The Morgan fingerprint density at radius 1 is 1.12 bits per heavy atom. The second-order valence-electron chi connectivity index (χ2n) is 12.2. The van der Waals surface area contributed by atoms with Crippen molar-refractivity contribution >= 4 is 5.91 Å². The van der Waals surface area contributed by atoms with Crippen LogP contribution in [0.1, 0.15) is 94.5 Å². The molecule has 4 saturated carbocycles. The van der Waals surface area contributed by atoms with Gasteiger partial charge in [0.2, 0.25) is 0 Å². The summed E-state index contributed by atoms with van der Waals surface area (Å²) in [6, 6.07) is 6.04. The zero-order chi connectivity index (χ0) is 23.3. The van der Waals surface area contributed by atoms with Crippen LogP contribution in [0.3, 0.4) is 0 Å². The van der Waals surface area contributed by atoms with E-state index in [1.54, 1.807) is 0 Å². The first kappa shape index (κ1) is 22.9. The van der Waals surface area contributed by atoms with Gasteiger partial charge in [-0.25, -0.2) is 4.39 Å². The molecule has 33 heavy (non-hydrogen) atoms. The molecule has 1 aromatic carbocycles. The van der Waals surface area contributed by atoms with Crippen molar-refractivity contribution in [2.24, 2.45) is 46.8 Å². The van der Waals surface area contributed by atoms with Crippen LogP contribution in [0.5, 0.6) is 0 Å². The third kappa shape index (κ3) is 3.90. The number of carbonyl (C=O) groups excluding carboxylic acids is 1. The monoisotopic (exact) mass is 450 g/mol. The molecular weight excluding hydrogens is 411 g/mol. The third-order valence-corrected chi connectivity index (χ3v) is 10.6. The van der Waals surface area contributed by atoms with Crippen LogP contribution in [0.25, 0.3) is 0 Å². The minimum absolute atomic E-state index is 0.0194. The van der Waals surface area contributed by atoms with E-state index in [1.165, 1.54) is 63.5 Å². The molecule has 1 amide bonds. The fourth-order valence-corrected chi connectivity index (χ4v) is 9.10. The van der Waals surface area contributed by atoms with Gasteiger partial charge in [-0.2, -0.15) is 5.26 Å². The highest BCUT2D eigenvalue weighted by molar-refractivity contribution is 5.94. The minimum Gasteiger partial charge on any atom is -0.349 e. The van der Waals surface area contributed by atoms with Gasteiger partial charge >= 0.3 is 0 Å². The van der Waals surface area contributed by atoms with Crippen LogP contribution >= 0.6 is 0 Å². The molecule has 0 saturated heterocycles. The van der Waals surface area contributed by atoms with Gasteiger partial charge in [-0.3, -0.25) is 4.79 Å². The molecule has 0 spiro atoms. The molecule has 4 fully saturated rings. The molecule has 178 valence electrons. The molecule has 0 radical (unpaired) electrons. The molecule has 1 N–H and O–H groups in total. The van der Waals surface area contributed by atoms with E-state index in [-0.39, 0.29) is 28.5 Å². The van der Waals surface area contributed by atoms with Crippen molar-refractivity contribution in [1.29, 1.82) is 5.26 Å². The molecule has 0 bridgehead atoms. The van der Waals surface area contributed by atoms with Gasteiger partial charge in [0.05, 0.1) is 17.2 Å². The van der Waals surface area contributed by atoms with Crippen molar-refractivity contribution in [1.82, 2.24) is 5.32 Å². The van der Waals surface area contributed by atoms with Crippen LogP contribution in [0, 0.1) is 64.0 Å². The summed E-state index contributed by atoms with van der Waals surface area (Å²) in [6.45, 7) is 7.05. The quantitative estimate of drug-likeness (QED) is 0.556. The first-order valence-electron chi connectivity index (χ1n) is 13.3. The Hall–Kier alpha value is -1.89. The standard InChI is InChI=1S/C29H39FN2O/c1-17-4-7-21-20(14-17)6-9-23-22(21)12-13-29(3)25(10-11-26(23)29)18(2)32-28(33)24-8-5-19(16-31)15-27(24)30/h5,8,15,17-18,20-23,25-26H,4,6-7,9-14H2,1-3H3,(H,32,33)/t17-,18+,20+,21-,22?,23+,25?,26?,29+/m0/s1. The number of rotatable bonds is 3. The van der Waals surface area contributed by atoms with Gasteiger partial charge in [0, 0.05) is 6.04 Å². The number of amides is 1. The highest BCUT2D eigenvalue weighted by Crippen LogP contribution is 2.64. The van der Waals surface area contributed by atoms with Crippen LogP contribution in [0.15, 0.2) is 18.2 Å². The molecule has 5 rings (SSSR count). The van der Waals surface area contributed by atoms with Crippen molar-refractivity contribution in [3.8, 4) is 6.07 Å². The van der Waals surface area contributed by atoms with Gasteiger partial charge in [-0.15, -0.1) is 0 Å². The van der Waals surface area contributed by atoms with Crippen molar-refractivity contribution < 1.29 is 9.18 Å². The minimum atomic E-state index is -0.617. The Labute approximate surface area is 198 Å². The summed E-state index contributed by atoms with van der Waals surface area (Å²) < 4.78 is 14.4. The van der Waals surface area contributed by atoms with Crippen LogP contribution in [-0.4, -0.2) is 11.9 Å². The van der Waals surface area contributed by atoms with Crippen molar-refractivity contribution in [3.63, 3.8) is 0 Å². The first-order chi connectivity index (χ1) is 15.8. The summed E-state index contributed by atoms with van der Waals surface area (Å²) >= 11 is 0. The summed E-state index contributed by atoms with van der Waals surface area (Å²) in [5.74, 6) is 4.86. The maximum absolute atomic E-state index is 14.4. The molecule has 4 heteroatoms. The van der Waals surface area contributed by atoms with Gasteiger partial charge in [-0.05, 0) is 123 Å². The first-order valence-corrected chi connectivity index (χ1v) is 13.3. The Balaban J connectivity index is 1.28. The predicted octanol–water partition coefficient (Wildman–Crippen LogP) is 6.72. The van der Waals surface area contributed by atoms with E-state index < -0.39 is 5.82 Å². The maximum Gasteiger partial charge on any atom is 0.254 e. The third-order valence-electron chi connectivity index (χ3n) is 10.6. The molecule has 0 aromatic heterocycles. The number of hydrogen-bond donors (Lipinski definition) is 1. The van der Waals surface area contributed by atoms with Crippen LogP contribution in [-0.2, 0) is 0 Å². The topological polar surface area (TPSA) is 52.9 Å². The summed E-state index contributed by atoms with van der Waals surface area (Å²) in [5, 5.41) is 12.1. The number of nitrogens with one attached hydrogen (secondary N) is 1. The molecule has 9 atom stereocenters. The van der Waals surface area contributed by atoms with Crippen LogP contribution in [0.2, 0.25) is 0 Å². The Kier molecular flexibility index (Phi) is 6.04. The van der Waals surface area contributed by atoms with Gasteiger partial charge in [0.1, 0.15) is 5.82 Å². The van der Waals surface area contributed by atoms with E-state index in [0.717, 1.165) is 48.0 Å². The van der Waals surface area contributed by atoms with E-state index in [9.17, 15) is 9.18 Å². The van der Waals surface area contributed by atoms with Crippen LogP contribution in [0.4, 0.5) is 4.39 Å². The van der Waals surface area contributed by atoms with E-state index in [0.29, 0.717) is 5.92 Å². The fourth-order valence-electron chi connectivity index (χ4n) is 9.10. The highest BCUT2D eigenvalue weighted by atomic mass is 19.1. The second kappa shape index (κ2) is 8.71. The maximum atomic E-state index is 14.4. The second-order valence-corrected chi connectivity index (χ2v) is 12.2. The van der Waals surface area contributed by atoms with Crippen LogP contribution < -0.4 is 5.32 Å². The van der Waals surface area contributed by atoms with Crippen molar-refractivity contribution in [2.75, 3.05) is 0 Å². The summed E-state index contributed by atoms with van der Waals surface area (Å²) in [7, 11) is 0. The molecule has 1 aromatic rings. The normalized spacial score (nSPS) is 40.6. The highest BCUT2D eigenvalue weighted by Gasteiger charge is 2.57. The van der Waals surface area contributed by atoms with Gasteiger partial charge in [0.25, 0.3) is 5.91 Å². The van der Waals surface area contributed by atoms with Gasteiger partial charge < -0.3 is 5.32 Å². The Bertz CT molecular complexity index is 953. The lowest BCUT2D eigenvalue weighted by Gasteiger charge is -2.56. The lowest BCUT2D eigenvalue weighted by molar-refractivity contribution is -0.0698. The number of benzene rings is 1. The van der Waals surface area contributed by atoms with E-state index in [4.69, 9.17) is 5.26 Å². The molecule has 4 aliphatic carbocycles. The average molecular weight is 451 g/mol. The number of carbonyl (C=O) groups is 1. The number of nitriles is 1. The van der Waals surface area contributed by atoms with E-state index >= 15 is 0 Å². The van der Waals surface area contributed by atoms with Crippen molar-refractivity contribution in [2.45, 2.75) is 84.6 Å². The fraction of sp³-hybridized carbons (Fsp3) is 0.724. The molecule has 0 aliphatic heterocycles. The molecule has 3 unspecified atom stereocenters. The average Bonchev–Trinajstić information content (AvgIpc) is 3.15. The number of hydrogen-bond acceptors (Lipinski definition) is 2. The van der Waals surface area contributed by atoms with Gasteiger partial charge in [0.15, 0.2) is 0 Å². The summed E-state index contributed by atoms with van der Waals surface area (Å²) in [5.41, 5.74) is 0.544. The predicted molar refractivity (Wildman–Crippen MR) is 128 cm³/mol. The molecule has 4 aliphatic rings. The van der Waals surface area contributed by atoms with E-state index in [2.05, 4.69) is 26.1 Å². The smallest absolute Gasteiger partial charge is 0.254 e. The zero-order valence-electron chi connectivity index (χ0n) is 20.4. The summed E-state index contributed by atoms with van der Waals surface area (Å²) in [6.07, 6.45) is 12.2. The van der Waals surface area contributed by atoms with Gasteiger partial charge in [-0.1, -0.05) is 20.3 Å². The summed E-state index contributed by atoms with van der Waals surface area (Å²) in [4.78, 5) is 12.9. The lowest BCUT2D eigenvalue weighted by atomic mass is 9.49. The lowest BCUT2D eigenvalue weighted by Crippen LogP contribution is -2.51. The number of halogens is 1. The molecule has 3 nitrogen and oxygen atoms in total. The molecule has 0 heterocycles. The SMILES string of the molecule is C[C@H]1CC[C@@H]2C3CC[C@@]4(C)C(CCC4[C@@H](C)NC(=O)c4ccc(C#N)cc4F)[C@@H]3CC[C@@H]2C1. The Morgan fingerprint density at radius 3 is 2.67 bits per heavy atom. The zero-order valence-corrected chi connectivity index (χ0v) is 20.4. The van der Waals surface area contributed by atoms with E-state index in [1.807, 2.05) is 6.07 Å².